The van der Waals surface area contributed by atoms with Crippen LogP contribution in [0.25, 0.3) is 0 Å². The number of amides is 1. The minimum absolute atomic E-state index is 0. The summed E-state index contributed by atoms with van der Waals surface area (Å²) in [7, 11) is 0. The zero-order valence-corrected chi connectivity index (χ0v) is 10.4. The van der Waals surface area contributed by atoms with E-state index in [0.717, 1.165) is 25.9 Å². The van der Waals surface area contributed by atoms with Crippen molar-refractivity contribution in [2.45, 2.75) is 52.6 Å². The molecule has 0 spiro atoms. The molecule has 1 N–H and O–H groups in total. The van der Waals surface area contributed by atoms with Crippen LogP contribution in [0, 0.1) is 5.92 Å². The Balaban J connectivity index is 0.00000225. The van der Waals surface area contributed by atoms with Crippen molar-refractivity contribution in [2.75, 3.05) is 13.1 Å². The third kappa shape index (κ3) is 3.82. The second-order valence-corrected chi connectivity index (χ2v) is 5.07. The van der Waals surface area contributed by atoms with Gasteiger partial charge in [0.25, 0.3) is 0 Å². The van der Waals surface area contributed by atoms with E-state index < -0.39 is 0 Å². The van der Waals surface area contributed by atoms with Crippen molar-refractivity contribution in [3.8, 4) is 0 Å². The Labute approximate surface area is 94.7 Å². The average molecular weight is 214 g/mol. The summed E-state index contributed by atoms with van der Waals surface area (Å²) < 4.78 is 0. The van der Waals surface area contributed by atoms with E-state index in [0.29, 0.717) is 12.1 Å². The summed E-state index contributed by atoms with van der Waals surface area (Å²) in [4.78, 5) is 14.0. The number of nitrogens with one attached hydrogen (secondary N) is 1. The molecule has 0 bridgehead atoms. The van der Waals surface area contributed by atoms with E-state index in [4.69, 9.17) is 0 Å². The van der Waals surface area contributed by atoms with E-state index in [-0.39, 0.29) is 13.3 Å². The lowest BCUT2D eigenvalue weighted by Gasteiger charge is -2.35. The average Bonchev–Trinajstić information content (AvgIpc) is 2.18. The molecule has 1 aliphatic heterocycles. The first kappa shape index (κ1) is 12.5. The largest absolute Gasteiger partial charge is 0.353 e. The van der Waals surface area contributed by atoms with Gasteiger partial charge >= 0.3 is 0 Å². The van der Waals surface area contributed by atoms with E-state index in [1.807, 2.05) is 13.8 Å². The van der Waals surface area contributed by atoms with Crippen LogP contribution < -0.4 is 5.32 Å². The topological polar surface area (TPSA) is 32.3 Å². The van der Waals surface area contributed by atoms with Gasteiger partial charge in [0, 0.05) is 32.5 Å². The number of nitrogens with zero attached hydrogens (tertiary/aromatic N) is 1. The summed E-state index contributed by atoms with van der Waals surface area (Å²) >= 11 is 0. The Bertz CT molecular complexity index is 211. The molecule has 0 aliphatic carbocycles. The molecule has 0 unspecified atom stereocenters. The molecule has 1 saturated heterocycles. The highest BCUT2D eigenvalue weighted by molar-refractivity contribution is 5.78. The van der Waals surface area contributed by atoms with Crippen LogP contribution in [0.1, 0.15) is 42.0 Å². The van der Waals surface area contributed by atoms with Gasteiger partial charge in [-0.1, -0.05) is 13.8 Å². The number of likely N-dealkylation sites (tertiary alicyclic amines) is 1. The van der Waals surface area contributed by atoms with Gasteiger partial charge in [-0.25, -0.2) is 0 Å². The highest BCUT2D eigenvalue weighted by atomic mass is 16.1. The number of carbonyl (C=O) groups excluding carboxylic acids is 1. The first-order valence-electron chi connectivity index (χ1n) is 6.05. The van der Waals surface area contributed by atoms with E-state index in [9.17, 15) is 4.79 Å². The van der Waals surface area contributed by atoms with Crippen molar-refractivity contribution in [1.82, 2.24) is 10.2 Å². The van der Waals surface area contributed by atoms with Gasteiger partial charge in [-0.05, 0) is 26.7 Å². The second-order valence-electron chi connectivity index (χ2n) is 5.07. The zero-order chi connectivity index (χ0) is 11.4. The minimum atomic E-state index is 0. The van der Waals surface area contributed by atoms with Crippen molar-refractivity contribution in [2.24, 2.45) is 5.92 Å². The highest BCUT2D eigenvalue weighted by Crippen LogP contribution is 2.13. The molecule has 0 aromatic heterocycles. The lowest BCUT2D eigenvalue weighted by atomic mass is 10.0. The summed E-state index contributed by atoms with van der Waals surface area (Å²) in [5.41, 5.74) is 0. The standard InChI is InChI=1S/C12H24N2O.H2/c1-9(2)12(15)13-11-5-7-14(8-6-11)10(3)4;/h9-11H,5-8H2,1-4H3,(H,13,15);1H. The number of hydrogen-bond donors (Lipinski definition) is 1. The fraction of sp³-hybridized carbons (Fsp3) is 0.917. The second kappa shape index (κ2) is 5.50. The summed E-state index contributed by atoms with van der Waals surface area (Å²) in [5, 5.41) is 3.11. The maximum Gasteiger partial charge on any atom is 0.222 e. The molecule has 0 radical (unpaired) electrons. The molecule has 0 aromatic carbocycles. The number of carbonyl (C=O) groups is 1. The summed E-state index contributed by atoms with van der Waals surface area (Å²) in [6.07, 6.45) is 2.19. The van der Waals surface area contributed by atoms with Gasteiger partial charge in [-0.15, -0.1) is 0 Å². The maximum atomic E-state index is 11.5. The van der Waals surface area contributed by atoms with Gasteiger partial charge < -0.3 is 10.2 Å². The first-order chi connectivity index (χ1) is 7.00. The fourth-order valence-corrected chi connectivity index (χ4v) is 1.93. The van der Waals surface area contributed by atoms with Crippen molar-refractivity contribution in [3.63, 3.8) is 0 Å². The lowest BCUT2D eigenvalue weighted by molar-refractivity contribution is -0.125. The molecular weight excluding hydrogens is 188 g/mol. The number of piperidine rings is 1. The lowest BCUT2D eigenvalue weighted by Crippen LogP contribution is -2.47. The van der Waals surface area contributed by atoms with Gasteiger partial charge in [-0.2, -0.15) is 0 Å². The van der Waals surface area contributed by atoms with Crippen molar-refractivity contribution in [3.05, 3.63) is 0 Å². The Morgan fingerprint density at radius 1 is 1.27 bits per heavy atom. The molecule has 3 nitrogen and oxygen atoms in total. The van der Waals surface area contributed by atoms with Crippen LogP contribution in [-0.2, 0) is 4.79 Å². The molecule has 1 fully saturated rings. The Morgan fingerprint density at radius 3 is 2.20 bits per heavy atom. The van der Waals surface area contributed by atoms with Crippen LogP contribution in [0.15, 0.2) is 0 Å². The summed E-state index contributed by atoms with van der Waals surface area (Å²) in [5.74, 6) is 0.297. The molecular formula is C12H26N2O. The quantitative estimate of drug-likeness (QED) is 0.778. The molecule has 0 aromatic rings. The normalized spacial score (nSPS) is 19.9. The predicted molar refractivity (Wildman–Crippen MR) is 64.8 cm³/mol. The molecule has 1 amide bonds. The maximum absolute atomic E-state index is 11.5. The van der Waals surface area contributed by atoms with Crippen LogP contribution in [0.2, 0.25) is 0 Å². The molecule has 0 atom stereocenters. The van der Waals surface area contributed by atoms with Gasteiger partial charge in [0.1, 0.15) is 0 Å². The van der Waals surface area contributed by atoms with Crippen LogP contribution in [0.4, 0.5) is 0 Å². The van der Waals surface area contributed by atoms with Gasteiger partial charge in [-0.3, -0.25) is 4.79 Å². The van der Waals surface area contributed by atoms with Gasteiger partial charge in [0.05, 0.1) is 0 Å². The molecule has 1 heterocycles. The minimum Gasteiger partial charge on any atom is -0.353 e. The molecule has 0 saturated carbocycles. The van der Waals surface area contributed by atoms with Crippen LogP contribution in [-0.4, -0.2) is 36.0 Å². The van der Waals surface area contributed by atoms with Crippen molar-refractivity contribution < 1.29 is 6.22 Å². The fourth-order valence-electron chi connectivity index (χ4n) is 1.93. The van der Waals surface area contributed by atoms with E-state index >= 15 is 0 Å². The Hall–Kier alpha value is -0.570. The van der Waals surface area contributed by atoms with Gasteiger partial charge in [0.2, 0.25) is 5.91 Å². The van der Waals surface area contributed by atoms with E-state index in [1.165, 1.54) is 0 Å². The predicted octanol–water partition coefficient (Wildman–Crippen LogP) is 1.88. The van der Waals surface area contributed by atoms with E-state index in [2.05, 4.69) is 24.1 Å². The molecule has 90 valence electrons. The third-order valence-corrected chi connectivity index (χ3v) is 3.13. The molecule has 1 rings (SSSR count). The molecule has 1 aliphatic rings. The van der Waals surface area contributed by atoms with Crippen LogP contribution in [0.3, 0.4) is 0 Å². The Kier molecular flexibility index (Phi) is 4.58. The smallest absolute Gasteiger partial charge is 0.222 e. The molecule has 15 heavy (non-hydrogen) atoms. The summed E-state index contributed by atoms with van der Waals surface area (Å²) in [6, 6.07) is 1.03. The number of hydrogen-bond acceptors (Lipinski definition) is 2. The van der Waals surface area contributed by atoms with Crippen molar-refractivity contribution >= 4 is 5.91 Å². The van der Waals surface area contributed by atoms with Crippen LogP contribution in [0.5, 0.6) is 0 Å². The first-order valence-corrected chi connectivity index (χ1v) is 6.05. The number of rotatable bonds is 3. The van der Waals surface area contributed by atoms with Crippen molar-refractivity contribution in [1.29, 1.82) is 0 Å². The van der Waals surface area contributed by atoms with E-state index in [1.54, 1.807) is 0 Å². The zero-order valence-electron chi connectivity index (χ0n) is 10.4. The van der Waals surface area contributed by atoms with Gasteiger partial charge in [0.15, 0.2) is 0 Å². The third-order valence-electron chi connectivity index (χ3n) is 3.13. The Morgan fingerprint density at radius 2 is 1.80 bits per heavy atom. The highest BCUT2D eigenvalue weighted by Gasteiger charge is 2.22. The monoisotopic (exact) mass is 214 g/mol. The molecule has 3 heteroatoms. The SMILES string of the molecule is CC(C)C(=O)NC1CCN(C(C)C)CC1.[HH]. The van der Waals surface area contributed by atoms with Crippen LogP contribution >= 0.6 is 0 Å². The summed E-state index contributed by atoms with van der Waals surface area (Å²) in [6.45, 7) is 10.6.